The third-order valence-electron chi connectivity index (χ3n) is 1.01. The Labute approximate surface area is 57.6 Å². The van der Waals surface area contributed by atoms with Crippen molar-refractivity contribution in [2.75, 3.05) is 0 Å². The molecule has 0 bridgehead atoms. The van der Waals surface area contributed by atoms with Gasteiger partial charge in [0.2, 0.25) is 5.88 Å². The number of aromatic nitrogens is 2. The molecule has 1 N–H and O–H groups in total. The molecule has 0 radical (unpaired) electrons. The predicted octanol–water partition coefficient (Wildman–Crippen LogP) is 0.303. The lowest BCUT2D eigenvalue weighted by atomic mass is 10.4. The Bertz CT molecular complexity index is 260. The number of hydrogen-bond acceptors (Lipinski definition) is 4. The largest absolute Gasteiger partial charge is 0.492 e. The topological polar surface area (TPSA) is 63.1 Å². The molecule has 0 aliphatic carbocycles. The zero-order valence-electron chi connectivity index (χ0n) is 5.40. The van der Waals surface area contributed by atoms with Gasteiger partial charge in [0.25, 0.3) is 0 Å². The van der Waals surface area contributed by atoms with Crippen LogP contribution < -0.4 is 0 Å². The standard InChI is InChI=1S/C6H6N2O2/c1-4-2-7-5(3-9)6(10)8-4/h2-3H,1H3,(H,8,10). The Hall–Kier alpha value is -1.45. The molecule has 0 amide bonds. The van der Waals surface area contributed by atoms with Crippen LogP contribution in [-0.4, -0.2) is 21.4 Å². The molecule has 0 unspecified atom stereocenters. The first-order valence-electron chi connectivity index (χ1n) is 2.72. The summed E-state index contributed by atoms with van der Waals surface area (Å²) >= 11 is 0. The van der Waals surface area contributed by atoms with Gasteiger partial charge in [0.05, 0.1) is 5.69 Å². The average molecular weight is 138 g/mol. The van der Waals surface area contributed by atoms with E-state index < -0.39 is 0 Å². The highest BCUT2D eigenvalue weighted by Gasteiger charge is 2.00. The lowest BCUT2D eigenvalue weighted by molar-refractivity contribution is 0.111. The summed E-state index contributed by atoms with van der Waals surface area (Å²) in [4.78, 5) is 17.3. The maximum atomic E-state index is 10.1. The summed E-state index contributed by atoms with van der Waals surface area (Å²) in [5, 5.41) is 8.89. The number of hydrogen-bond donors (Lipinski definition) is 1. The fourth-order valence-electron chi connectivity index (χ4n) is 0.557. The number of aldehydes is 1. The minimum absolute atomic E-state index is 0.0226. The Morgan fingerprint density at radius 1 is 1.70 bits per heavy atom. The molecule has 0 atom stereocenters. The third-order valence-corrected chi connectivity index (χ3v) is 1.01. The second-order valence-electron chi connectivity index (χ2n) is 1.84. The molecular weight excluding hydrogens is 132 g/mol. The quantitative estimate of drug-likeness (QED) is 0.567. The van der Waals surface area contributed by atoms with Crippen LogP contribution in [0, 0.1) is 6.92 Å². The molecule has 52 valence electrons. The van der Waals surface area contributed by atoms with Crippen LogP contribution in [0.3, 0.4) is 0 Å². The Kier molecular flexibility index (Phi) is 1.62. The summed E-state index contributed by atoms with van der Waals surface area (Å²) in [6.45, 7) is 1.68. The number of nitrogens with zero attached hydrogens (tertiary/aromatic N) is 2. The van der Waals surface area contributed by atoms with Crippen molar-refractivity contribution in [3.8, 4) is 5.88 Å². The maximum absolute atomic E-state index is 10.1. The molecule has 0 aliphatic heterocycles. The molecular formula is C6H6N2O2. The van der Waals surface area contributed by atoms with E-state index in [1.54, 1.807) is 6.92 Å². The molecule has 1 aromatic rings. The first-order valence-corrected chi connectivity index (χ1v) is 2.72. The van der Waals surface area contributed by atoms with Gasteiger partial charge in [-0.2, -0.15) is 0 Å². The molecule has 0 fully saturated rings. The van der Waals surface area contributed by atoms with Crippen LogP contribution in [0.1, 0.15) is 16.2 Å². The summed E-state index contributed by atoms with van der Waals surface area (Å²) in [6, 6.07) is 0. The van der Waals surface area contributed by atoms with Crippen LogP contribution in [0.5, 0.6) is 5.88 Å². The summed E-state index contributed by atoms with van der Waals surface area (Å²) in [7, 11) is 0. The van der Waals surface area contributed by atoms with Crippen molar-refractivity contribution in [3.05, 3.63) is 17.6 Å². The fraction of sp³-hybridized carbons (Fsp3) is 0.167. The minimum atomic E-state index is -0.310. The third kappa shape index (κ3) is 1.10. The number of aryl methyl sites for hydroxylation is 1. The van der Waals surface area contributed by atoms with E-state index in [9.17, 15) is 4.79 Å². The van der Waals surface area contributed by atoms with E-state index in [4.69, 9.17) is 5.11 Å². The SMILES string of the molecule is Cc1cnc(C=O)c(O)n1. The van der Waals surface area contributed by atoms with Gasteiger partial charge in [0.15, 0.2) is 12.0 Å². The van der Waals surface area contributed by atoms with E-state index in [0.717, 1.165) is 0 Å². The Morgan fingerprint density at radius 3 is 2.90 bits per heavy atom. The van der Waals surface area contributed by atoms with Crippen LogP contribution >= 0.6 is 0 Å². The average Bonchev–Trinajstić information content (AvgIpc) is 1.88. The lowest BCUT2D eigenvalue weighted by Crippen LogP contribution is -1.91. The monoisotopic (exact) mass is 138 g/mol. The molecule has 1 heterocycles. The van der Waals surface area contributed by atoms with E-state index in [1.807, 2.05) is 0 Å². The van der Waals surface area contributed by atoms with Crippen molar-refractivity contribution in [1.82, 2.24) is 9.97 Å². The van der Waals surface area contributed by atoms with Crippen LogP contribution in [-0.2, 0) is 0 Å². The van der Waals surface area contributed by atoms with Crippen molar-refractivity contribution >= 4 is 6.29 Å². The summed E-state index contributed by atoms with van der Waals surface area (Å²) in [6.07, 6.45) is 1.88. The van der Waals surface area contributed by atoms with Gasteiger partial charge < -0.3 is 5.11 Å². The van der Waals surface area contributed by atoms with Gasteiger partial charge >= 0.3 is 0 Å². The summed E-state index contributed by atoms with van der Waals surface area (Å²) in [5.41, 5.74) is 0.564. The minimum Gasteiger partial charge on any atom is -0.492 e. The van der Waals surface area contributed by atoms with Crippen molar-refractivity contribution in [1.29, 1.82) is 0 Å². The van der Waals surface area contributed by atoms with Gasteiger partial charge in [0, 0.05) is 6.20 Å². The van der Waals surface area contributed by atoms with Crippen molar-refractivity contribution < 1.29 is 9.90 Å². The normalized spacial score (nSPS) is 9.30. The number of carbonyl (C=O) groups excluding carboxylic acids is 1. The predicted molar refractivity (Wildman–Crippen MR) is 33.8 cm³/mol. The number of rotatable bonds is 1. The van der Waals surface area contributed by atoms with E-state index >= 15 is 0 Å². The molecule has 0 aromatic carbocycles. The van der Waals surface area contributed by atoms with Crippen LogP contribution in [0.25, 0.3) is 0 Å². The van der Waals surface area contributed by atoms with Gasteiger partial charge in [0.1, 0.15) is 0 Å². The highest BCUT2D eigenvalue weighted by atomic mass is 16.3. The molecule has 0 saturated heterocycles. The first kappa shape index (κ1) is 6.67. The van der Waals surface area contributed by atoms with Crippen molar-refractivity contribution in [2.45, 2.75) is 6.92 Å². The molecule has 1 rings (SSSR count). The Balaban J connectivity index is 3.19. The van der Waals surface area contributed by atoms with Crippen LogP contribution in [0.2, 0.25) is 0 Å². The zero-order chi connectivity index (χ0) is 7.56. The van der Waals surface area contributed by atoms with Crippen LogP contribution in [0.15, 0.2) is 6.20 Å². The van der Waals surface area contributed by atoms with Gasteiger partial charge in [-0.05, 0) is 6.92 Å². The summed E-state index contributed by atoms with van der Waals surface area (Å²) in [5.74, 6) is -0.310. The number of carbonyl (C=O) groups is 1. The fourth-order valence-corrected chi connectivity index (χ4v) is 0.557. The molecule has 1 aromatic heterocycles. The summed E-state index contributed by atoms with van der Waals surface area (Å²) < 4.78 is 0. The smallest absolute Gasteiger partial charge is 0.241 e. The lowest BCUT2D eigenvalue weighted by Gasteiger charge is -1.94. The van der Waals surface area contributed by atoms with Crippen LogP contribution in [0.4, 0.5) is 0 Å². The molecule has 10 heavy (non-hydrogen) atoms. The van der Waals surface area contributed by atoms with E-state index in [0.29, 0.717) is 12.0 Å². The Morgan fingerprint density at radius 2 is 2.40 bits per heavy atom. The van der Waals surface area contributed by atoms with E-state index in [-0.39, 0.29) is 11.6 Å². The molecule has 0 saturated carbocycles. The van der Waals surface area contributed by atoms with E-state index in [2.05, 4.69) is 9.97 Å². The molecule has 4 nitrogen and oxygen atoms in total. The molecule has 0 spiro atoms. The van der Waals surface area contributed by atoms with E-state index in [1.165, 1.54) is 6.20 Å². The van der Waals surface area contributed by atoms with Gasteiger partial charge in [-0.1, -0.05) is 0 Å². The molecule has 0 aliphatic rings. The second kappa shape index (κ2) is 2.43. The second-order valence-corrected chi connectivity index (χ2v) is 1.84. The van der Waals surface area contributed by atoms with Crippen molar-refractivity contribution in [3.63, 3.8) is 0 Å². The maximum Gasteiger partial charge on any atom is 0.241 e. The highest BCUT2D eigenvalue weighted by molar-refractivity contribution is 5.74. The highest BCUT2D eigenvalue weighted by Crippen LogP contribution is 2.06. The van der Waals surface area contributed by atoms with Gasteiger partial charge in [-0.15, -0.1) is 0 Å². The first-order chi connectivity index (χ1) is 4.74. The zero-order valence-corrected chi connectivity index (χ0v) is 5.40. The van der Waals surface area contributed by atoms with Gasteiger partial charge in [-0.25, -0.2) is 9.97 Å². The van der Waals surface area contributed by atoms with Gasteiger partial charge in [-0.3, -0.25) is 4.79 Å². The molecule has 4 heteroatoms. The number of aromatic hydroxyl groups is 1. The van der Waals surface area contributed by atoms with Crippen molar-refractivity contribution in [2.24, 2.45) is 0 Å².